The van der Waals surface area contributed by atoms with Crippen LogP contribution in [0, 0.1) is 13.8 Å². The first-order chi connectivity index (χ1) is 12.0. The molecule has 0 unspecified atom stereocenters. The fraction of sp³-hybridized carbons (Fsp3) is 0.647. The van der Waals surface area contributed by atoms with Gasteiger partial charge in [-0.15, -0.1) is 0 Å². The van der Waals surface area contributed by atoms with E-state index >= 15 is 0 Å². The Hall–Kier alpha value is -2.38. The third-order valence-electron chi connectivity index (χ3n) is 4.45. The second-order valence-corrected chi connectivity index (χ2v) is 6.63. The molecule has 3 rings (SSSR count). The Bertz CT molecular complexity index is 623. The number of nitrogens with zero attached hydrogens (tertiary/aromatic N) is 3. The minimum absolute atomic E-state index is 0.0612. The van der Waals surface area contributed by atoms with Crippen molar-refractivity contribution in [3.05, 3.63) is 17.5 Å². The highest BCUT2D eigenvalue weighted by Gasteiger charge is 2.27. The molecule has 1 aliphatic carbocycles. The van der Waals surface area contributed by atoms with Crippen LogP contribution in [-0.4, -0.2) is 58.7 Å². The maximum atomic E-state index is 12.0. The van der Waals surface area contributed by atoms with Crippen LogP contribution in [0.15, 0.2) is 6.07 Å². The highest BCUT2D eigenvalue weighted by Crippen LogP contribution is 2.22. The van der Waals surface area contributed by atoms with Crippen LogP contribution in [0.4, 0.5) is 4.79 Å². The van der Waals surface area contributed by atoms with Gasteiger partial charge in [-0.1, -0.05) is 0 Å². The summed E-state index contributed by atoms with van der Waals surface area (Å²) in [6, 6.07) is 2.46. The maximum absolute atomic E-state index is 12.0. The van der Waals surface area contributed by atoms with E-state index in [-0.39, 0.29) is 24.6 Å². The molecule has 8 heteroatoms. The van der Waals surface area contributed by atoms with E-state index in [0.717, 1.165) is 37.1 Å². The molecule has 25 heavy (non-hydrogen) atoms. The van der Waals surface area contributed by atoms with E-state index in [4.69, 9.17) is 9.47 Å². The van der Waals surface area contributed by atoms with Crippen molar-refractivity contribution in [2.45, 2.75) is 51.7 Å². The Labute approximate surface area is 146 Å². The van der Waals surface area contributed by atoms with Gasteiger partial charge < -0.3 is 14.8 Å². The van der Waals surface area contributed by atoms with E-state index in [1.807, 2.05) is 19.9 Å². The fourth-order valence-corrected chi connectivity index (χ4v) is 3.24. The molecule has 0 bridgehead atoms. The van der Waals surface area contributed by atoms with Gasteiger partial charge in [0.2, 0.25) is 5.91 Å². The molecule has 1 aliphatic heterocycles. The van der Waals surface area contributed by atoms with Crippen LogP contribution in [-0.2, 0) is 9.53 Å². The molecule has 0 atom stereocenters. The van der Waals surface area contributed by atoms with E-state index in [2.05, 4.69) is 15.3 Å². The average molecular weight is 348 g/mol. The quantitative estimate of drug-likeness (QED) is 0.863. The van der Waals surface area contributed by atoms with Crippen molar-refractivity contribution >= 4 is 12.0 Å². The molecule has 2 heterocycles. The molecule has 2 aliphatic rings. The van der Waals surface area contributed by atoms with Gasteiger partial charge in [-0.25, -0.2) is 14.8 Å². The second-order valence-electron chi connectivity index (χ2n) is 6.63. The summed E-state index contributed by atoms with van der Waals surface area (Å²) in [5, 5.41) is 2.99. The predicted molar refractivity (Wildman–Crippen MR) is 89.2 cm³/mol. The molecular formula is C17H24N4O4. The zero-order chi connectivity index (χ0) is 17.8. The smallest absolute Gasteiger partial charge is 0.410 e. The average Bonchev–Trinajstić information content (AvgIpc) is 2.93. The van der Waals surface area contributed by atoms with E-state index in [1.165, 1.54) is 4.90 Å². The van der Waals surface area contributed by atoms with Crippen molar-refractivity contribution in [2.24, 2.45) is 0 Å². The van der Waals surface area contributed by atoms with Gasteiger partial charge in [0.15, 0.2) is 0 Å². The lowest BCUT2D eigenvalue weighted by Gasteiger charge is -2.29. The number of carbonyl (C=O) groups excluding carboxylic acids is 2. The Balaban J connectivity index is 1.42. The van der Waals surface area contributed by atoms with E-state index in [9.17, 15) is 9.59 Å². The zero-order valence-electron chi connectivity index (χ0n) is 14.7. The number of rotatable bonds is 5. The highest BCUT2D eigenvalue weighted by atomic mass is 16.6. The first-order valence-corrected chi connectivity index (χ1v) is 8.69. The van der Waals surface area contributed by atoms with Gasteiger partial charge in [-0.3, -0.25) is 9.69 Å². The largest absolute Gasteiger partial charge is 0.460 e. The lowest BCUT2D eigenvalue weighted by Crippen LogP contribution is -2.44. The van der Waals surface area contributed by atoms with Crippen molar-refractivity contribution in [1.29, 1.82) is 0 Å². The van der Waals surface area contributed by atoms with Crippen molar-refractivity contribution in [2.75, 3.05) is 19.7 Å². The number of aryl methyl sites for hydroxylation is 2. The summed E-state index contributed by atoms with van der Waals surface area (Å²) in [5.74, 6) is -0.138. The molecule has 1 aromatic heterocycles. The van der Waals surface area contributed by atoms with Crippen LogP contribution in [0.1, 0.15) is 37.1 Å². The number of aromatic nitrogens is 2. The normalized spacial score (nSPS) is 23.3. The third-order valence-corrected chi connectivity index (χ3v) is 4.45. The van der Waals surface area contributed by atoms with Crippen LogP contribution >= 0.6 is 0 Å². The predicted octanol–water partition coefficient (Wildman–Crippen LogP) is 1.35. The summed E-state index contributed by atoms with van der Waals surface area (Å²) in [6.07, 6.45) is 3.01. The molecule has 1 saturated carbocycles. The maximum Gasteiger partial charge on any atom is 0.410 e. The van der Waals surface area contributed by atoms with Crippen LogP contribution in [0.25, 0.3) is 0 Å². The van der Waals surface area contributed by atoms with Crippen molar-refractivity contribution < 1.29 is 19.1 Å². The summed E-state index contributed by atoms with van der Waals surface area (Å²) < 4.78 is 10.7. The summed E-state index contributed by atoms with van der Waals surface area (Å²) in [6.45, 7) is 4.73. The summed E-state index contributed by atoms with van der Waals surface area (Å²) in [5.41, 5.74) is 1.78. The lowest BCUT2D eigenvalue weighted by atomic mass is 9.93. The molecule has 1 aromatic rings. The van der Waals surface area contributed by atoms with Crippen LogP contribution < -0.4 is 10.1 Å². The molecule has 2 fully saturated rings. The Morgan fingerprint density at radius 1 is 1.28 bits per heavy atom. The van der Waals surface area contributed by atoms with Gasteiger partial charge in [0.25, 0.3) is 0 Å². The molecule has 1 N–H and O–H groups in total. The monoisotopic (exact) mass is 348 g/mol. The second kappa shape index (κ2) is 7.67. The van der Waals surface area contributed by atoms with Crippen molar-refractivity contribution in [3.8, 4) is 6.01 Å². The number of hydrogen-bond acceptors (Lipinski definition) is 6. The molecule has 0 spiro atoms. The van der Waals surface area contributed by atoms with E-state index in [1.54, 1.807) is 0 Å². The van der Waals surface area contributed by atoms with Gasteiger partial charge in [0.1, 0.15) is 19.3 Å². The highest BCUT2D eigenvalue weighted by molar-refractivity contribution is 5.82. The Morgan fingerprint density at radius 3 is 2.56 bits per heavy atom. The SMILES string of the molecule is Cc1cc(C)nc(OC2CCC(NC(=O)CN3CCOC3=O)CC2)n1. The lowest BCUT2D eigenvalue weighted by molar-refractivity contribution is -0.122. The Kier molecular flexibility index (Phi) is 5.35. The number of ether oxygens (including phenoxy) is 2. The van der Waals surface area contributed by atoms with E-state index in [0.29, 0.717) is 19.2 Å². The molecule has 136 valence electrons. The number of nitrogens with one attached hydrogen (secondary N) is 1. The molecule has 0 radical (unpaired) electrons. The number of carbonyl (C=O) groups is 2. The topological polar surface area (TPSA) is 93.6 Å². The molecule has 8 nitrogen and oxygen atoms in total. The van der Waals surface area contributed by atoms with Gasteiger partial charge in [-0.2, -0.15) is 0 Å². The number of amides is 2. The van der Waals surface area contributed by atoms with Crippen LogP contribution in [0.5, 0.6) is 6.01 Å². The Morgan fingerprint density at radius 2 is 1.96 bits per heavy atom. The van der Waals surface area contributed by atoms with Gasteiger partial charge in [-0.05, 0) is 45.6 Å². The zero-order valence-corrected chi connectivity index (χ0v) is 14.7. The van der Waals surface area contributed by atoms with Gasteiger partial charge in [0, 0.05) is 17.4 Å². The van der Waals surface area contributed by atoms with Crippen LogP contribution in [0.3, 0.4) is 0 Å². The number of cyclic esters (lactones) is 1. The summed E-state index contributed by atoms with van der Waals surface area (Å²) in [7, 11) is 0. The van der Waals surface area contributed by atoms with Gasteiger partial charge >= 0.3 is 12.1 Å². The van der Waals surface area contributed by atoms with Crippen LogP contribution in [0.2, 0.25) is 0 Å². The first kappa shape index (κ1) is 17.4. The molecular weight excluding hydrogens is 324 g/mol. The van der Waals surface area contributed by atoms with E-state index < -0.39 is 6.09 Å². The molecule has 2 amide bonds. The summed E-state index contributed by atoms with van der Waals surface area (Å²) in [4.78, 5) is 33.4. The first-order valence-electron chi connectivity index (χ1n) is 8.69. The van der Waals surface area contributed by atoms with Crippen molar-refractivity contribution in [3.63, 3.8) is 0 Å². The molecule has 1 saturated heterocycles. The standard InChI is InChI=1S/C17H24N4O4/c1-11-9-12(2)19-16(18-11)25-14-5-3-13(4-6-14)20-15(22)10-21-7-8-24-17(21)23/h9,13-14H,3-8,10H2,1-2H3,(H,20,22). The van der Waals surface area contributed by atoms with Crippen molar-refractivity contribution in [1.82, 2.24) is 20.2 Å². The third kappa shape index (κ3) is 4.80. The minimum atomic E-state index is -0.416. The minimum Gasteiger partial charge on any atom is -0.460 e. The summed E-state index contributed by atoms with van der Waals surface area (Å²) >= 11 is 0. The molecule has 0 aromatic carbocycles. The number of hydrogen-bond donors (Lipinski definition) is 1. The fourth-order valence-electron chi connectivity index (χ4n) is 3.24. The van der Waals surface area contributed by atoms with Gasteiger partial charge in [0.05, 0.1) is 6.54 Å².